The van der Waals surface area contributed by atoms with Crippen LogP contribution in [0.5, 0.6) is 0 Å². The molecule has 2 aromatic carbocycles. The largest absolute Gasteiger partial charge is 0.133 e. The molecular weight excluding hydrogens is 249 g/mol. The molecule has 0 bridgehead atoms. The molecule has 84 valence electrons. The molecule has 3 heteroatoms. The highest BCUT2D eigenvalue weighted by atomic mass is 31.0. The van der Waals surface area contributed by atoms with Gasteiger partial charge in [-0.3, -0.25) is 0 Å². The zero-order chi connectivity index (χ0) is 11.5. The molecule has 0 fully saturated rings. The van der Waals surface area contributed by atoms with Gasteiger partial charge in [-0.2, -0.15) is 0 Å². The minimum atomic E-state index is 1.02. The van der Waals surface area contributed by atoms with Crippen LogP contribution >= 0.6 is 27.7 Å². The fraction of sp³-hybridized carbons (Fsp3) is 0.231. The van der Waals surface area contributed by atoms with E-state index in [1.54, 1.807) is 0 Å². The second-order valence-corrected chi connectivity index (χ2v) is 5.15. The van der Waals surface area contributed by atoms with Crippen molar-refractivity contribution in [3.05, 3.63) is 47.0 Å². The van der Waals surface area contributed by atoms with Gasteiger partial charge in [0.05, 0.1) is 0 Å². The Morgan fingerprint density at radius 3 is 2.06 bits per heavy atom. The second-order valence-electron chi connectivity index (χ2n) is 3.92. The summed E-state index contributed by atoms with van der Waals surface area (Å²) in [6, 6.07) is 11.4. The summed E-state index contributed by atoms with van der Waals surface area (Å²) in [4.78, 5) is 0. The number of rotatable bonds is 3. The second kappa shape index (κ2) is 5.55. The fourth-order valence-corrected chi connectivity index (χ4v) is 2.81. The van der Waals surface area contributed by atoms with Crippen molar-refractivity contribution < 1.29 is 0 Å². The minimum Gasteiger partial charge on any atom is -0.133 e. The molecule has 0 radical (unpaired) electrons. The predicted molar refractivity (Wildman–Crippen MR) is 84.2 cm³/mol. The van der Waals surface area contributed by atoms with Gasteiger partial charge in [0.25, 0.3) is 0 Å². The van der Waals surface area contributed by atoms with Crippen molar-refractivity contribution in [3.8, 4) is 0 Å². The maximum Gasteiger partial charge on any atom is -0.0122 e. The lowest BCUT2D eigenvalue weighted by Crippen LogP contribution is -1.88. The Morgan fingerprint density at radius 2 is 1.44 bits per heavy atom. The molecular formula is C13H17P3. The first-order valence-electron chi connectivity index (χ1n) is 5.43. The van der Waals surface area contributed by atoms with Crippen LogP contribution in [0.25, 0.3) is 10.8 Å². The van der Waals surface area contributed by atoms with Crippen LogP contribution < -0.4 is 0 Å². The van der Waals surface area contributed by atoms with Crippen LogP contribution in [0.3, 0.4) is 0 Å². The molecule has 0 aliphatic rings. The third kappa shape index (κ3) is 2.46. The maximum atomic E-state index is 2.82. The number of fused-ring (bicyclic) bond motifs is 1. The highest BCUT2D eigenvalue weighted by molar-refractivity contribution is 7.15. The van der Waals surface area contributed by atoms with Crippen molar-refractivity contribution in [2.24, 2.45) is 0 Å². The highest BCUT2D eigenvalue weighted by Crippen LogP contribution is 2.26. The van der Waals surface area contributed by atoms with E-state index in [2.05, 4.69) is 58.1 Å². The van der Waals surface area contributed by atoms with Crippen LogP contribution in [0, 0.1) is 0 Å². The Labute approximate surface area is 104 Å². The molecule has 3 atom stereocenters. The summed E-state index contributed by atoms with van der Waals surface area (Å²) in [5.41, 5.74) is 4.21. The fourth-order valence-electron chi connectivity index (χ4n) is 1.98. The lowest BCUT2D eigenvalue weighted by atomic mass is 10.0. The zero-order valence-corrected chi connectivity index (χ0v) is 12.7. The Hall–Kier alpha value is -0.0100. The highest BCUT2D eigenvalue weighted by Gasteiger charge is 2.03. The number of benzene rings is 2. The van der Waals surface area contributed by atoms with E-state index in [1.165, 1.54) is 27.5 Å². The van der Waals surface area contributed by atoms with E-state index in [4.69, 9.17) is 0 Å². The lowest BCUT2D eigenvalue weighted by molar-refractivity contribution is 1.36. The van der Waals surface area contributed by atoms with Crippen molar-refractivity contribution in [3.63, 3.8) is 0 Å². The Morgan fingerprint density at radius 1 is 0.750 bits per heavy atom. The van der Waals surface area contributed by atoms with Crippen LogP contribution in [-0.2, 0) is 18.5 Å². The van der Waals surface area contributed by atoms with E-state index in [0.717, 1.165) is 18.5 Å². The molecule has 0 saturated carbocycles. The van der Waals surface area contributed by atoms with Gasteiger partial charge in [0.15, 0.2) is 0 Å². The molecule has 0 spiro atoms. The van der Waals surface area contributed by atoms with E-state index >= 15 is 0 Å². The Kier molecular flexibility index (Phi) is 4.32. The van der Waals surface area contributed by atoms with Crippen LogP contribution in [0.4, 0.5) is 0 Å². The van der Waals surface area contributed by atoms with Crippen molar-refractivity contribution in [1.82, 2.24) is 0 Å². The lowest BCUT2D eigenvalue weighted by Gasteiger charge is -2.09. The number of hydrogen-bond donors (Lipinski definition) is 0. The van der Waals surface area contributed by atoms with Gasteiger partial charge in [0.1, 0.15) is 0 Å². The van der Waals surface area contributed by atoms with Gasteiger partial charge in [-0.05, 0) is 45.9 Å². The topological polar surface area (TPSA) is 0 Å². The van der Waals surface area contributed by atoms with Crippen molar-refractivity contribution in [1.29, 1.82) is 0 Å². The first-order chi connectivity index (χ1) is 7.78. The molecule has 0 heterocycles. The molecule has 3 unspecified atom stereocenters. The van der Waals surface area contributed by atoms with Crippen molar-refractivity contribution >= 4 is 38.5 Å². The van der Waals surface area contributed by atoms with Crippen LogP contribution in [0.15, 0.2) is 30.3 Å². The van der Waals surface area contributed by atoms with Gasteiger partial charge in [-0.15, -0.1) is 27.7 Å². The Bertz CT molecular complexity index is 500. The van der Waals surface area contributed by atoms with E-state index < -0.39 is 0 Å². The van der Waals surface area contributed by atoms with E-state index in [1.807, 2.05) is 0 Å². The van der Waals surface area contributed by atoms with Crippen LogP contribution in [-0.4, -0.2) is 0 Å². The van der Waals surface area contributed by atoms with Crippen molar-refractivity contribution in [2.45, 2.75) is 18.5 Å². The average molecular weight is 266 g/mol. The van der Waals surface area contributed by atoms with E-state index in [-0.39, 0.29) is 0 Å². The SMILES string of the molecule is PCc1ccc2c(CP)cc(CP)cc2c1. The molecule has 0 N–H and O–H groups in total. The van der Waals surface area contributed by atoms with E-state index in [9.17, 15) is 0 Å². The van der Waals surface area contributed by atoms with Gasteiger partial charge >= 0.3 is 0 Å². The summed E-state index contributed by atoms with van der Waals surface area (Å²) in [6.45, 7) is 0. The minimum absolute atomic E-state index is 1.02. The van der Waals surface area contributed by atoms with E-state index in [0.29, 0.717) is 0 Å². The zero-order valence-electron chi connectivity index (χ0n) is 9.24. The molecule has 0 aliphatic carbocycles. The van der Waals surface area contributed by atoms with Gasteiger partial charge in [-0.25, -0.2) is 0 Å². The molecule has 16 heavy (non-hydrogen) atoms. The van der Waals surface area contributed by atoms with Crippen molar-refractivity contribution in [2.75, 3.05) is 0 Å². The molecule has 0 aromatic heterocycles. The average Bonchev–Trinajstić information content (AvgIpc) is 2.36. The maximum absolute atomic E-state index is 2.82. The third-order valence-corrected chi connectivity index (χ3v) is 4.24. The summed E-state index contributed by atoms with van der Waals surface area (Å²) in [5, 5.41) is 2.76. The Balaban J connectivity index is 2.68. The molecule has 0 amide bonds. The summed E-state index contributed by atoms with van der Waals surface area (Å²) in [6.07, 6.45) is 3.07. The van der Waals surface area contributed by atoms with Crippen LogP contribution in [0.2, 0.25) is 0 Å². The smallest absolute Gasteiger partial charge is 0.0122 e. The summed E-state index contributed by atoms with van der Waals surface area (Å²) in [5.74, 6) is 0. The quantitative estimate of drug-likeness (QED) is 0.737. The predicted octanol–water partition coefficient (Wildman–Crippen LogP) is 3.97. The standard InChI is InChI=1S/C13H17P3/c14-6-9-1-2-13-11(3-9)4-10(7-15)5-12(13)8-16/h1-5H,6-8,14-16H2. The normalized spacial score (nSPS) is 10.9. The van der Waals surface area contributed by atoms with Crippen LogP contribution in [0.1, 0.15) is 16.7 Å². The number of hydrogen-bond acceptors (Lipinski definition) is 0. The van der Waals surface area contributed by atoms with Gasteiger partial charge < -0.3 is 0 Å². The molecule has 0 saturated heterocycles. The van der Waals surface area contributed by atoms with Gasteiger partial charge in [0, 0.05) is 0 Å². The molecule has 2 rings (SSSR count). The molecule has 2 aromatic rings. The molecule has 0 aliphatic heterocycles. The summed E-state index contributed by atoms with van der Waals surface area (Å²) in [7, 11) is 8.41. The van der Waals surface area contributed by atoms with Gasteiger partial charge in [0.2, 0.25) is 0 Å². The first kappa shape index (κ1) is 12.4. The first-order valence-corrected chi connectivity index (χ1v) is 7.88. The van der Waals surface area contributed by atoms with Gasteiger partial charge in [-0.1, -0.05) is 30.3 Å². The summed E-state index contributed by atoms with van der Waals surface area (Å²) >= 11 is 0. The molecule has 0 nitrogen and oxygen atoms in total. The monoisotopic (exact) mass is 266 g/mol. The third-order valence-electron chi connectivity index (χ3n) is 2.85. The summed E-state index contributed by atoms with van der Waals surface area (Å²) < 4.78 is 0.